The van der Waals surface area contributed by atoms with Crippen LogP contribution in [0.4, 0.5) is 5.69 Å². The van der Waals surface area contributed by atoms with Gasteiger partial charge in [-0.05, 0) is 31.0 Å². The molecule has 0 radical (unpaired) electrons. The average molecular weight is 371 g/mol. The number of aromatic nitrogens is 2. The Morgan fingerprint density at radius 2 is 1.92 bits per heavy atom. The second-order valence-corrected chi connectivity index (χ2v) is 5.51. The SMILES string of the molecule is Cl.Cl.NC1(C(=O)Nc2cccc(Oc3cccnn3)c2)CCCC1. The van der Waals surface area contributed by atoms with Crippen molar-refractivity contribution in [3.8, 4) is 11.6 Å². The fourth-order valence-electron chi connectivity index (χ4n) is 2.59. The molecule has 1 fully saturated rings. The van der Waals surface area contributed by atoms with Crippen LogP contribution in [0.5, 0.6) is 11.6 Å². The Morgan fingerprint density at radius 1 is 1.17 bits per heavy atom. The molecule has 0 saturated heterocycles. The van der Waals surface area contributed by atoms with E-state index in [-0.39, 0.29) is 30.7 Å². The Morgan fingerprint density at radius 3 is 2.58 bits per heavy atom. The lowest BCUT2D eigenvalue weighted by atomic mass is 9.98. The average Bonchev–Trinajstić information content (AvgIpc) is 2.97. The van der Waals surface area contributed by atoms with Gasteiger partial charge in [0.1, 0.15) is 5.75 Å². The standard InChI is InChI=1S/C16H18N4O2.2ClH/c17-16(8-1-2-9-16)15(21)19-12-5-3-6-13(11-12)22-14-7-4-10-18-20-14;;/h3-7,10-11H,1-2,8-9,17H2,(H,19,21);2*1H. The zero-order valence-corrected chi connectivity index (χ0v) is 14.6. The fraction of sp³-hybridized carbons (Fsp3) is 0.312. The second-order valence-electron chi connectivity index (χ2n) is 5.51. The molecule has 3 N–H and O–H groups in total. The molecule has 0 aliphatic heterocycles. The highest BCUT2D eigenvalue weighted by atomic mass is 35.5. The van der Waals surface area contributed by atoms with E-state index in [4.69, 9.17) is 10.5 Å². The van der Waals surface area contributed by atoms with Crippen molar-refractivity contribution in [2.45, 2.75) is 31.2 Å². The van der Waals surface area contributed by atoms with Gasteiger partial charge in [-0.3, -0.25) is 4.79 Å². The number of hydrogen-bond acceptors (Lipinski definition) is 5. The molecular formula is C16H20Cl2N4O2. The van der Waals surface area contributed by atoms with Crippen molar-refractivity contribution in [3.63, 3.8) is 0 Å². The van der Waals surface area contributed by atoms with Crippen molar-refractivity contribution in [1.82, 2.24) is 10.2 Å². The van der Waals surface area contributed by atoms with E-state index in [1.165, 1.54) is 0 Å². The van der Waals surface area contributed by atoms with Gasteiger partial charge in [-0.2, -0.15) is 5.10 Å². The van der Waals surface area contributed by atoms with Crippen LogP contribution < -0.4 is 15.8 Å². The number of hydrogen-bond donors (Lipinski definition) is 2. The number of benzene rings is 1. The van der Waals surface area contributed by atoms with E-state index in [0.717, 1.165) is 25.7 Å². The molecule has 130 valence electrons. The summed E-state index contributed by atoms with van der Waals surface area (Å²) in [6, 6.07) is 10.6. The Bertz CT molecular complexity index is 664. The lowest BCUT2D eigenvalue weighted by Crippen LogP contribution is -2.48. The molecule has 0 unspecified atom stereocenters. The second kappa shape index (κ2) is 8.82. The first-order valence-corrected chi connectivity index (χ1v) is 7.32. The highest BCUT2D eigenvalue weighted by Crippen LogP contribution is 2.29. The Balaban J connectivity index is 0.00000144. The normalized spacial score (nSPS) is 14.9. The van der Waals surface area contributed by atoms with Gasteiger partial charge in [-0.1, -0.05) is 18.9 Å². The summed E-state index contributed by atoms with van der Waals surface area (Å²) in [5.41, 5.74) is 6.06. The maximum atomic E-state index is 12.3. The number of nitrogens with zero attached hydrogens (tertiary/aromatic N) is 2. The molecule has 0 spiro atoms. The molecule has 1 aliphatic carbocycles. The van der Waals surface area contributed by atoms with Gasteiger partial charge in [0.25, 0.3) is 0 Å². The molecule has 24 heavy (non-hydrogen) atoms. The number of halogens is 2. The van der Waals surface area contributed by atoms with Gasteiger partial charge in [-0.25, -0.2) is 0 Å². The summed E-state index contributed by atoms with van der Waals surface area (Å²) in [6.07, 6.45) is 5.04. The topological polar surface area (TPSA) is 90.1 Å². The van der Waals surface area contributed by atoms with Crippen LogP contribution in [-0.4, -0.2) is 21.6 Å². The van der Waals surface area contributed by atoms with Gasteiger partial charge in [0.2, 0.25) is 11.8 Å². The number of anilines is 1. The summed E-state index contributed by atoms with van der Waals surface area (Å²) in [5, 5.41) is 10.5. The van der Waals surface area contributed by atoms with E-state index in [0.29, 0.717) is 17.3 Å². The third kappa shape index (κ3) is 4.80. The number of rotatable bonds is 4. The molecule has 1 aliphatic rings. The predicted molar refractivity (Wildman–Crippen MR) is 97.1 cm³/mol. The van der Waals surface area contributed by atoms with Crippen molar-refractivity contribution in [2.24, 2.45) is 5.73 Å². The Labute approximate surface area is 153 Å². The smallest absolute Gasteiger partial charge is 0.244 e. The van der Waals surface area contributed by atoms with E-state index >= 15 is 0 Å². The maximum Gasteiger partial charge on any atom is 0.244 e. The van der Waals surface area contributed by atoms with Gasteiger partial charge >= 0.3 is 0 Å². The number of nitrogens with one attached hydrogen (secondary N) is 1. The summed E-state index contributed by atoms with van der Waals surface area (Å²) in [7, 11) is 0. The lowest BCUT2D eigenvalue weighted by Gasteiger charge is -2.22. The highest BCUT2D eigenvalue weighted by molar-refractivity contribution is 5.98. The molecule has 0 atom stereocenters. The van der Waals surface area contributed by atoms with Crippen LogP contribution in [0.1, 0.15) is 25.7 Å². The quantitative estimate of drug-likeness (QED) is 0.861. The third-order valence-electron chi connectivity index (χ3n) is 3.81. The lowest BCUT2D eigenvalue weighted by molar-refractivity contribution is -0.121. The van der Waals surface area contributed by atoms with Crippen molar-refractivity contribution < 1.29 is 9.53 Å². The first-order valence-electron chi connectivity index (χ1n) is 7.32. The molecule has 3 rings (SSSR count). The van der Waals surface area contributed by atoms with E-state index in [1.807, 2.05) is 0 Å². The minimum absolute atomic E-state index is 0. The molecule has 1 amide bonds. The molecule has 1 saturated carbocycles. The summed E-state index contributed by atoms with van der Waals surface area (Å²) in [4.78, 5) is 12.3. The van der Waals surface area contributed by atoms with Gasteiger partial charge in [-0.15, -0.1) is 29.9 Å². The van der Waals surface area contributed by atoms with Crippen LogP contribution in [0.3, 0.4) is 0 Å². The van der Waals surface area contributed by atoms with Gasteiger partial charge in [0.05, 0.1) is 5.54 Å². The number of carbonyl (C=O) groups is 1. The van der Waals surface area contributed by atoms with Crippen molar-refractivity contribution >= 4 is 36.4 Å². The van der Waals surface area contributed by atoms with Crippen LogP contribution in [0.25, 0.3) is 0 Å². The molecule has 0 bridgehead atoms. The largest absolute Gasteiger partial charge is 0.437 e. The Kier molecular flexibility index (Phi) is 7.41. The van der Waals surface area contributed by atoms with E-state index < -0.39 is 5.54 Å². The van der Waals surface area contributed by atoms with Crippen LogP contribution in [-0.2, 0) is 4.79 Å². The summed E-state index contributed by atoms with van der Waals surface area (Å²) in [6.45, 7) is 0. The van der Waals surface area contributed by atoms with Gasteiger partial charge in [0.15, 0.2) is 0 Å². The zero-order valence-electron chi connectivity index (χ0n) is 13.0. The molecule has 1 aromatic carbocycles. The van der Waals surface area contributed by atoms with Crippen molar-refractivity contribution in [1.29, 1.82) is 0 Å². The molecule has 2 aromatic rings. The minimum atomic E-state index is -0.748. The number of ether oxygens (including phenoxy) is 1. The van der Waals surface area contributed by atoms with Crippen LogP contribution >= 0.6 is 24.8 Å². The van der Waals surface area contributed by atoms with E-state index in [1.54, 1.807) is 42.6 Å². The Hall–Kier alpha value is -1.89. The molecular weight excluding hydrogens is 351 g/mol. The molecule has 1 aromatic heterocycles. The zero-order chi connectivity index (χ0) is 15.4. The highest BCUT2D eigenvalue weighted by Gasteiger charge is 2.36. The van der Waals surface area contributed by atoms with Crippen molar-refractivity contribution in [3.05, 3.63) is 42.6 Å². The summed E-state index contributed by atoms with van der Waals surface area (Å²) >= 11 is 0. The predicted octanol–water partition coefficient (Wildman–Crippen LogP) is 3.32. The minimum Gasteiger partial charge on any atom is -0.437 e. The number of amides is 1. The molecule has 6 nitrogen and oxygen atoms in total. The summed E-state index contributed by atoms with van der Waals surface area (Å²) < 4.78 is 5.60. The summed E-state index contributed by atoms with van der Waals surface area (Å²) in [5.74, 6) is 0.842. The fourth-order valence-corrected chi connectivity index (χ4v) is 2.59. The maximum absolute atomic E-state index is 12.3. The van der Waals surface area contributed by atoms with Gasteiger partial charge in [0, 0.05) is 24.0 Å². The van der Waals surface area contributed by atoms with Gasteiger partial charge < -0.3 is 15.8 Å². The van der Waals surface area contributed by atoms with Crippen LogP contribution in [0, 0.1) is 0 Å². The first kappa shape index (κ1) is 20.2. The molecule has 8 heteroatoms. The first-order chi connectivity index (χ1) is 10.7. The van der Waals surface area contributed by atoms with E-state index in [9.17, 15) is 4.79 Å². The number of carbonyl (C=O) groups excluding carboxylic acids is 1. The van der Waals surface area contributed by atoms with E-state index in [2.05, 4.69) is 15.5 Å². The van der Waals surface area contributed by atoms with Crippen molar-refractivity contribution in [2.75, 3.05) is 5.32 Å². The molecule has 1 heterocycles. The monoisotopic (exact) mass is 370 g/mol. The third-order valence-corrected chi connectivity index (χ3v) is 3.81. The van der Waals surface area contributed by atoms with Crippen LogP contribution in [0.15, 0.2) is 42.6 Å². The van der Waals surface area contributed by atoms with Crippen LogP contribution in [0.2, 0.25) is 0 Å². The number of nitrogens with two attached hydrogens (primary N) is 1.